The molecular formula is C8H11IN2O2S. The van der Waals surface area contributed by atoms with Crippen molar-refractivity contribution in [3.05, 3.63) is 21.5 Å². The summed E-state index contributed by atoms with van der Waals surface area (Å²) in [4.78, 5) is 4.07. The summed E-state index contributed by atoms with van der Waals surface area (Å²) in [6, 6.07) is 1.75. The van der Waals surface area contributed by atoms with Crippen LogP contribution in [-0.4, -0.2) is 26.7 Å². The van der Waals surface area contributed by atoms with Crippen LogP contribution in [-0.2, 0) is 10.0 Å². The van der Waals surface area contributed by atoms with E-state index in [1.165, 1.54) is 17.6 Å². The molecule has 0 aromatic carbocycles. The molecule has 1 aromatic heterocycles. The summed E-state index contributed by atoms with van der Waals surface area (Å²) in [5.41, 5.74) is 1.47. The quantitative estimate of drug-likeness (QED) is 0.772. The van der Waals surface area contributed by atoms with Gasteiger partial charge in [0.25, 0.3) is 0 Å². The first-order chi connectivity index (χ1) is 6.32. The molecule has 0 saturated carbocycles. The van der Waals surface area contributed by atoms with E-state index in [1.54, 1.807) is 12.3 Å². The summed E-state index contributed by atoms with van der Waals surface area (Å²) in [5.74, 6) is 0. The summed E-state index contributed by atoms with van der Waals surface area (Å²) < 4.78 is 24.7. The third-order valence-corrected chi connectivity index (χ3v) is 3.83. The van der Waals surface area contributed by atoms with Gasteiger partial charge in [0.15, 0.2) is 0 Å². The Morgan fingerprint density at radius 3 is 2.57 bits per heavy atom. The number of anilines is 1. The minimum absolute atomic E-state index is 0.667. The van der Waals surface area contributed by atoms with E-state index in [0.29, 0.717) is 5.69 Å². The monoisotopic (exact) mass is 326 g/mol. The van der Waals surface area contributed by atoms with Crippen molar-refractivity contribution in [2.75, 3.05) is 17.6 Å². The summed E-state index contributed by atoms with van der Waals surface area (Å²) >= 11 is 2.06. The van der Waals surface area contributed by atoms with Crippen molar-refractivity contribution in [2.45, 2.75) is 6.92 Å². The molecule has 78 valence electrons. The number of rotatable bonds is 2. The zero-order valence-electron chi connectivity index (χ0n) is 8.15. The van der Waals surface area contributed by atoms with Gasteiger partial charge in [-0.25, -0.2) is 8.42 Å². The summed E-state index contributed by atoms with van der Waals surface area (Å²) in [6.07, 6.45) is 2.84. The van der Waals surface area contributed by atoms with Crippen LogP contribution in [0.1, 0.15) is 5.69 Å². The van der Waals surface area contributed by atoms with Gasteiger partial charge < -0.3 is 0 Å². The Kier molecular flexibility index (Phi) is 3.36. The van der Waals surface area contributed by atoms with E-state index in [4.69, 9.17) is 0 Å². The lowest BCUT2D eigenvalue weighted by atomic mass is 10.3. The maximum Gasteiger partial charge on any atom is 0.232 e. The Morgan fingerprint density at radius 2 is 2.07 bits per heavy atom. The molecule has 0 unspecified atom stereocenters. The molecule has 0 atom stereocenters. The van der Waals surface area contributed by atoms with Crippen LogP contribution >= 0.6 is 22.6 Å². The van der Waals surface area contributed by atoms with E-state index in [1.807, 2.05) is 6.92 Å². The van der Waals surface area contributed by atoms with E-state index >= 15 is 0 Å². The van der Waals surface area contributed by atoms with Gasteiger partial charge in [0, 0.05) is 18.9 Å². The Morgan fingerprint density at radius 1 is 1.50 bits per heavy atom. The third-order valence-electron chi connectivity index (χ3n) is 1.81. The van der Waals surface area contributed by atoms with E-state index in [0.717, 1.165) is 9.26 Å². The normalized spacial score (nSPS) is 11.4. The number of sulfonamides is 1. The Balaban J connectivity index is 3.26. The van der Waals surface area contributed by atoms with Crippen molar-refractivity contribution < 1.29 is 8.42 Å². The lowest BCUT2D eigenvalue weighted by Gasteiger charge is -2.18. The van der Waals surface area contributed by atoms with Gasteiger partial charge in [0.1, 0.15) is 0 Å². The second-order valence-electron chi connectivity index (χ2n) is 3.01. The highest BCUT2D eigenvalue weighted by atomic mass is 127. The number of pyridine rings is 1. The molecule has 0 radical (unpaired) electrons. The molecule has 0 saturated heterocycles. The number of aromatic nitrogens is 1. The van der Waals surface area contributed by atoms with Crippen LogP contribution in [0.4, 0.5) is 5.69 Å². The molecule has 0 spiro atoms. The Labute approximate surface area is 97.5 Å². The summed E-state index contributed by atoms with van der Waals surface area (Å²) in [6.45, 7) is 1.83. The minimum atomic E-state index is -3.19. The number of aryl methyl sites for hydroxylation is 1. The van der Waals surface area contributed by atoms with Gasteiger partial charge >= 0.3 is 0 Å². The van der Waals surface area contributed by atoms with Crippen molar-refractivity contribution in [1.29, 1.82) is 0 Å². The first-order valence-electron chi connectivity index (χ1n) is 3.88. The lowest BCUT2D eigenvalue weighted by Crippen LogP contribution is -2.25. The number of nitrogens with zero attached hydrogens (tertiary/aromatic N) is 2. The van der Waals surface area contributed by atoms with Gasteiger partial charge in [0.2, 0.25) is 10.0 Å². The minimum Gasteiger partial charge on any atom is -0.272 e. The van der Waals surface area contributed by atoms with Crippen LogP contribution in [0.3, 0.4) is 0 Å². The maximum absolute atomic E-state index is 11.3. The molecule has 0 aliphatic rings. The first kappa shape index (κ1) is 11.7. The van der Waals surface area contributed by atoms with Crippen molar-refractivity contribution in [1.82, 2.24) is 4.98 Å². The number of halogens is 1. The first-order valence-corrected chi connectivity index (χ1v) is 6.81. The molecule has 0 aliphatic carbocycles. The standard InChI is InChI=1S/C8H11IN2O2S/c1-6-4-8(7(9)5-10-6)11(2)14(3,12)13/h4-5H,1-3H3. The molecule has 4 nitrogen and oxygen atoms in total. The van der Waals surface area contributed by atoms with Crippen LogP contribution in [0, 0.1) is 10.5 Å². The SMILES string of the molecule is Cc1cc(N(C)S(C)(=O)=O)c(I)cn1. The van der Waals surface area contributed by atoms with Gasteiger partial charge in [0.05, 0.1) is 15.5 Å². The third kappa shape index (κ3) is 2.57. The molecule has 1 rings (SSSR count). The largest absolute Gasteiger partial charge is 0.272 e. The molecule has 14 heavy (non-hydrogen) atoms. The fourth-order valence-corrected chi connectivity index (χ4v) is 2.28. The fourth-order valence-electron chi connectivity index (χ4n) is 0.949. The fraction of sp³-hybridized carbons (Fsp3) is 0.375. The second kappa shape index (κ2) is 4.01. The Bertz CT molecular complexity index is 445. The zero-order valence-corrected chi connectivity index (χ0v) is 11.1. The second-order valence-corrected chi connectivity index (χ2v) is 6.18. The molecule has 0 aliphatic heterocycles. The highest BCUT2D eigenvalue weighted by Gasteiger charge is 2.14. The predicted octanol–water partition coefficient (Wildman–Crippen LogP) is 1.39. The van der Waals surface area contributed by atoms with Gasteiger partial charge in [-0.15, -0.1) is 0 Å². The van der Waals surface area contributed by atoms with Crippen molar-refractivity contribution in [2.24, 2.45) is 0 Å². The highest BCUT2D eigenvalue weighted by Crippen LogP contribution is 2.22. The molecule has 0 N–H and O–H groups in total. The van der Waals surface area contributed by atoms with Gasteiger partial charge in [-0.3, -0.25) is 9.29 Å². The van der Waals surface area contributed by atoms with Crippen LogP contribution < -0.4 is 4.31 Å². The summed E-state index contributed by atoms with van der Waals surface area (Å²) in [7, 11) is -1.66. The van der Waals surface area contributed by atoms with Gasteiger partial charge in [-0.05, 0) is 35.6 Å². The van der Waals surface area contributed by atoms with Crippen LogP contribution in [0.2, 0.25) is 0 Å². The molecule has 1 aromatic rings. The van der Waals surface area contributed by atoms with Gasteiger partial charge in [-0.2, -0.15) is 0 Å². The molecule has 1 heterocycles. The average molecular weight is 326 g/mol. The van der Waals surface area contributed by atoms with Gasteiger partial charge in [-0.1, -0.05) is 0 Å². The van der Waals surface area contributed by atoms with Crippen molar-refractivity contribution in [3.8, 4) is 0 Å². The molecule has 0 fully saturated rings. The maximum atomic E-state index is 11.3. The smallest absolute Gasteiger partial charge is 0.232 e. The molecule has 6 heteroatoms. The van der Waals surface area contributed by atoms with E-state index < -0.39 is 10.0 Å². The number of hydrogen-bond acceptors (Lipinski definition) is 3. The van der Waals surface area contributed by atoms with Crippen LogP contribution in [0.5, 0.6) is 0 Å². The highest BCUT2D eigenvalue weighted by molar-refractivity contribution is 14.1. The number of hydrogen-bond donors (Lipinski definition) is 0. The Hall–Kier alpha value is -0.370. The predicted molar refractivity (Wildman–Crippen MR) is 64.9 cm³/mol. The van der Waals surface area contributed by atoms with Crippen molar-refractivity contribution >= 4 is 38.3 Å². The topological polar surface area (TPSA) is 50.3 Å². The van der Waals surface area contributed by atoms with Crippen molar-refractivity contribution in [3.63, 3.8) is 0 Å². The van der Waals surface area contributed by atoms with E-state index in [2.05, 4.69) is 27.6 Å². The van der Waals surface area contributed by atoms with E-state index in [-0.39, 0.29) is 0 Å². The van der Waals surface area contributed by atoms with Crippen LogP contribution in [0.15, 0.2) is 12.3 Å². The summed E-state index contributed by atoms with van der Waals surface area (Å²) in [5, 5.41) is 0. The van der Waals surface area contributed by atoms with E-state index in [9.17, 15) is 8.42 Å². The molecule has 0 amide bonds. The average Bonchev–Trinajstić information content (AvgIpc) is 2.06. The lowest BCUT2D eigenvalue weighted by molar-refractivity contribution is 0.600. The molecular weight excluding hydrogens is 315 g/mol. The zero-order chi connectivity index (χ0) is 10.9. The van der Waals surface area contributed by atoms with Crippen LogP contribution in [0.25, 0.3) is 0 Å². The molecule has 0 bridgehead atoms.